The topological polar surface area (TPSA) is 187 Å². The molecule has 1 heterocycles. The number of aliphatic hydroxyl groups is 1. The quantitative estimate of drug-likeness (QED) is 0.181. The molecule has 8 N–H and O–H groups in total. The number of carbonyl (C=O) groups is 4. The zero-order valence-electron chi connectivity index (χ0n) is 21.5. The highest BCUT2D eigenvalue weighted by Crippen LogP contribution is 2.19. The summed E-state index contributed by atoms with van der Waals surface area (Å²) >= 11 is 1.48. The van der Waals surface area contributed by atoms with Crippen LogP contribution in [0, 0.1) is 5.92 Å². The lowest BCUT2D eigenvalue weighted by molar-refractivity contribution is -0.142. The molecule has 11 nitrogen and oxygen atoms in total. The van der Waals surface area contributed by atoms with Crippen LogP contribution < -0.4 is 21.7 Å². The number of aliphatic carboxylic acids is 1. The first-order valence-electron chi connectivity index (χ1n) is 12.1. The fourth-order valence-electron chi connectivity index (χ4n) is 3.76. The molecule has 37 heavy (non-hydrogen) atoms. The van der Waals surface area contributed by atoms with E-state index in [1.165, 1.54) is 18.7 Å². The average Bonchev–Trinajstić information content (AvgIpc) is 3.26. The number of aromatic nitrogens is 1. The summed E-state index contributed by atoms with van der Waals surface area (Å²) in [6, 6.07) is 2.98. The first-order chi connectivity index (χ1) is 17.5. The van der Waals surface area contributed by atoms with Crippen LogP contribution in [0.1, 0.15) is 32.8 Å². The molecule has 5 unspecified atom stereocenters. The monoisotopic (exact) mass is 535 g/mol. The standard InChI is InChI=1S/C25H37N5O6S/c1-13(2)21(30-22(32)18(9-10-37-4)28-23(33)20(26)14(3)31)24(34)29-19(25(35)36)11-15-12-27-17-8-6-5-7-16(15)17/h5-8,12-14,18-21,27,31H,9-11,26H2,1-4H3,(H,28,33)(H,29,34)(H,30,32)(H,35,36). The summed E-state index contributed by atoms with van der Waals surface area (Å²) in [7, 11) is 0. The normalized spacial score (nSPS) is 15.4. The number of carboxylic acid groups (broad SMARTS) is 1. The Hall–Kier alpha value is -3.09. The van der Waals surface area contributed by atoms with Crippen molar-refractivity contribution in [3.05, 3.63) is 36.0 Å². The van der Waals surface area contributed by atoms with Crippen LogP contribution in [0.2, 0.25) is 0 Å². The summed E-state index contributed by atoms with van der Waals surface area (Å²) in [5, 5.41) is 28.0. The second kappa shape index (κ2) is 14.0. The SMILES string of the molecule is CSCCC(NC(=O)C(N)C(C)O)C(=O)NC(C(=O)NC(Cc1c[nH]c2ccccc12)C(=O)O)C(C)C. The zero-order valence-corrected chi connectivity index (χ0v) is 22.3. The van der Waals surface area contributed by atoms with Gasteiger partial charge in [-0.15, -0.1) is 0 Å². The number of carbonyl (C=O) groups excluding carboxylic acids is 3. The summed E-state index contributed by atoms with van der Waals surface area (Å²) in [5.41, 5.74) is 7.28. The van der Waals surface area contributed by atoms with Gasteiger partial charge in [0.15, 0.2) is 0 Å². The fraction of sp³-hybridized carbons (Fsp3) is 0.520. The molecule has 5 atom stereocenters. The van der Waals surface area contributed by atoms with Gasteiger partial charge in [-0.25, -0.2) is 4.79 Å². The molecule has 0 spiro atoms. The van der Waals surface area contributed by atoms with Crippen molar-refractivity contribution in [2.24, 2.45) is 11.7 Å². The van der Waals surface area contributed by atoms with Crippen molar-refractivity contribution >= 4 is 46.4 Å². The number of benzene rings is 1. The second-order valence-electron chi connectivity index (χ2n) is 9.30. The van der Waals surface area contributed by atoms with Gasteiger partial charge in [0.1, 0.15) is 24.2 Å². The van der Waals surface area contributed by atoms with Gasteiger partial charge in [0, 0.05) is 23.5 Å². The lowest BCUT2D eigenvalue weighted by atomic mass is 10.0. The molecule has 0 radical (unpaired) electrons. The largest absolute Gasteiger partial charge is 0.480 e. The minimum absolute atomic E-state index is 0.0491. The van der Waals surface area contributed by atoms with Crippen LogP contribution >= 0.6 is 11.8 Å². The molecular formula is C25H37N5O6S. The van der Waals surface area contributed by atoms with Crippen molar-refractivity contribution in [2.45, 2.75) is 63.9 Å². The molecule has 12 heteroatoms. The lowest BCUT2D eigenvalue weighted by Gasteiger charge is -2.27. The Bertz CT molecular complexity index is 1090. The highest BCUT2D eigenvalue weighted by molar-refractivity contribution is 7.98. The van der Waals surface area contributed by atoms with E-state index in [4.69, 9.17) is 5.73 Å². The molecule has 3 amide bonds. The molecule has 0 aliphatic rings. The molecule has 0 fully saturated rings. The molecule has 2 rings (SSSR count). The molecule has 1 aromatic carbocycles. The van der Waals surface area contributed by atoms with Crippen molar-refractivity contribution in [1.29, 1.82) is 0 Å². The van der Waals surface area contributed by atoms with E-state index >= 15 is 0 Å². The van der Waals surface area contributed by atoms with E-state index in [0.29, 0.717) is 5.75 Å². The van der Waals surface area contributed by atoms with Gasteiger partial charge in [0.25, 0.3) is 0 Å². The van der Waals surface area contributed by atoms with E-state index in [0.717, 1.165) is 16.5 Å². The maximum Gasteiger partial charge on any atom is 0.326 e. The Morgan fingerprint density at radius 1 is 1.00 bits per heavy atom. The third-order valence-corrected chi connectivity index (χ3v) is 6.67. The number of nitrogens with two attached hydrogens (primary N) is 1. The third-order valence-electron chi connectivity index (χ3n) is 6.03. The Kier molecular flexibility index (Phi) is 11.4. The Balaban J connectivity index is 2.15. The van der Waals surface area contributed by atoms with Crippen LogP contribution in [0.15, 0.2) is 30.5 Å². The molecule has 1 aromatic heterocycles. The van der Waals surface area contributed by atoms with Crippen molar-refractivity contribution in [3.63, 3.8) is 0 Å². The number of nitrogens with one attached hydrogen (secondary N) is 4. The zero-order chi connectivity index (χ0) is 27.7. The van der Waals surface area contributed by atoms with Crippen LogP contribution in [0.5, 0.6) is 0 Å². The van der Waals surface area contributed by atoms with Gasteiger partial charge < -0.3 is 36.9 Å². The van der Waals surface area contributed by atoms with E-state index in [1.54, 1.807) is 20.0 Å². The van der Waals surface area contributed by atoms with Gasteiger partial charge in [0.05, 0.1) is 6.10 Å². The minimum Gasteiger partial charge on any atom is -0.480 e. The summed E-state index contributed by atoms with van der Waals surface area (Å²) in [6.45, 7) is 4.81. The molecule has 0 aliphatic carbocycles. The summed E-state index contributed by atoms with van der Waals surface area (Å²) < 4.78 is 0. The van der Waals surface area contributed by atoms with Crippen molar-refractivity contribution in [2.75, 3.05) is 12.0 Å². The molecule has 0 saturated heterocycles. The minimum atomic E-state index is -1.22. The Labute approximate surface area is 220 Å². The molecule has 0 bridgehead atoms. The number of para-hydroxylation sites is 1. The molecule has 2 aromatic rings. The molecular weight excluding hydrogens is 498 g/mol. The number of fused-ring (bicyclic) bond motifs is 1. The number of hydrogen-bond acceptors (Lipinski definition) is 7. The first-order valence-corrected chi connectivity index (χ1v) is 13.5. The van der Waals surface area contributed by atoms with E-state index in [-0.39, 0.29) is 18.8 Å². The van der Waals surface area contributed by atoms with Crippen LogP contribution in [-0.2, 0) is 25.6 Å². The van der Waals surface area contributed by atoms with Gasteiger partial charge in [-0.3, -0.25) is 14.4 Å². The predicted molar refractivity (Wildman–Crippen MR) is 143 cm³/mol. The van der Waals surface area contributed by atoms with Crippen LogP contribution in [-0.4, -0.2) is 81.2 Å². The highest BCUT2D eigenvalue weighted by atomic mass is 32.2. The average molecular weight is 536 g/mol. The van der Waals surface area contributed by atoms with Crippen LogP contribution in [0.3, 0.4) is 0 Å². The highest BCUT2D eigenvalue weighted by Gasteiger charge is 2.32. The van der Waals surface area contributed by atoms with Crippen LogP contribution in [0.25, 0.3) is 10.9 Å². The van der Waals surface area contributed by atoms with E-state index in [9.17, 15) is 29.4 Å². The first kappa shape index (κ1) is 30.1. The molecule has 0 aliphatic heterocycles. The van der Waals surface area contributed by atoms with Crippen LogP contribution in [0.4, 0.5) is 0 Å². The fourth-order valence-corrected chi connectivity index (χ4v) is 4.23. The van der Waals surface area contributed by atoms with Gasteiger partial charge >= 0.3 is 5.97 Å². The van der Waals surface area contributed by atoms with Crippen molar-refractivity contribution in [1.82, 2.24) is 20.9 Å². The molecule has 204 valence electrons. The Morgan fingerprint density at radius 3 is 2.24 bits per heavy atom. The van der Waals surface area contributed by atoms with Crippen molar-refractivity contribution < 1.29 is 29.4 Å². The number of thioether (sulfide) groups is 1. The van der Waals surface area contributed by atoms with Gasteiger partial charge in [0.2, 0.25) is 17.7 Å². The predicted octanol–water partition coefficient (Wildman–Crippen LogP) is 0.367. The van der Waals surface area contributed by atoms with E-state index < -0.39 is 54.0 Å². The van der Waals surface area contributed by atoms with E-state index in [2.05, 4.69) is 20.9 Å². The number of rotatable bonds is 14. The number of hydrogen-bond donors (Lipinski definition) is 7. The van der Waals surface area contributed by atoms with Gasteiger partial charge in [-0.1, -0.05) is 32.0 Å². The maximum atomic E-state index is 13.1. The number of carboxylic acids is 1. The lowest BCUT2D eigenvalue weighted by Crippen LogP contribution is -2.59. The third kappa shape index (κ3) is 8.48. The summed E-state index contributed by atoms with van der Waals surface area (Å²) in [6.07, 6.45) is 2.78. The number of aliphatic hydroxyl groups excluding tert-OH is 1. The van der Waals surface area contributed by atoms with Gasteiger partial charge in [-0.2, -0.15) is 11.8 Å². The number of aromatic amines is 1. The second-order valence-corrected chi connectivity index (χ2v) is 10.3. The summed E-state index contributed by atoms with van der Waals surface area (Å²) in [4.78, 5) is 53.6. The van der Waals surface area contributed by atoms with Crippen molar-refractivity contribution in [3.8, 4) is 0 Å². The maximum absolute atomic E-state index is 13.1. The summed E-state index contributed by atoms with van der Waals surface area (Å²) in [5.74, 6) is -2.96. The van der Waals surface area contributed by atoms with E-state index in [1.807, 2.05) is 30.5 Å². The number of amides is 3. The van der Waals surface area contributed by atoms with Gasteiger partial charge in [-0.05, 0) is 42.9 Å². The smallest absolute Gasteiger partial charge is 0.326 e. The number of H-pyrrole nitrogens is 1. The Morgan fingerprint density at radius 2 is 1.65 bits per heavy atom. The molecule has 0 saturated carbocycles.